The maximum Gasteiger partial charge on any atom is 0.478 e. The van der Waals surface area contributed by atoms with Crippen LogP contribution in [0.15, 0.2) is 0 Å². The minimum atomic E-state index is -4.18. The summed E-state index contributed by atoms with van der Waals surface area (Å²) in [6, 6.07) is -0.166. The van der Waals surface area contributed by atoms with E-state index in [0.29, 0.717) is 6.73 Å². The zero-order valence-corrected chi connectivity index (χ0v) is 23.6. The van der Waals surface area contributed by atoms with Crippen LogP contribution in [-0.4, -0.2) is 81.3 Å². The normalized spacial score (nSPS) is 27.5. The molecule has 0 bridgehead atoms. The summed E-state index contributed by atoms with van der Waals surface area (Å²) in [5.74, 6) is -1.69. The number of hydrogen-bond donors (Lipinski definition) is 1. The number of amides is 1. The standard InChI is InChI=1S/C24H43N2O10P/c1-6-7-8-9-10-11-14-26-16-32-20(18(26)2)23(29)33-17-35-37(30)34-15-24(3,4)21(36-37)22(28)25-13-12-19(27)31-5/h18,20-21H,6-17H2,1-5H3,(H,25,28)/t18?,20?,21-,37?/m0/s1. The van der Waals surface area contributed by atoms with Gasteiger partial charge in [0.15, 0.2) is 12.2 Å². The molecule has 0 aromatic heterocycles. The predicted octanol–water partition coefficient (Wildman–Crippen LogP) is 3.14. The molecule has 0 saturated carbocycles. The number of carbonyl (C=O) groups is 3. The van der Waals surface area contributed by atoms with Crippen molar-refractivity contribution in [1.29, 1.82) is 0 Å². The van der Waals surface area contributed by atoms with E-state index in [2.05, 4.69) is 21.9 Å². The fourth-order valence-corrected chi connectivity index (χ4v) is 5.57. The third kappa shape index (κ3) is 9.92. The summed E-state index contributed by atoms with van der Waals surface area (Å²) in [6.07, 6.45) is 5.11. The summed E-state index contributed by atoms with van der Waals surface area (Å²) in [6.45, 7) is 7.93. The van der Waals surface area contributed by atoms with E-state index in [0.717, 1.165) is 19.4 Å². The first kappa shape index (κ1) is 31.7. The van der Waals surface area contributed by atoms with Crippen LogP contribution < -0.4 is 5.32 Å². The van der Waals surface area contributed by atoms with Gasteiger partial charge in [-0.25, -0.2) is 13.9 Å². The summed E-state index contributed by atoms with van der Waals surface area (Å²) in [5.41, 5.74) is -0.824. The average molecular weight is 551 g/mol. The third-order valence-corrected chi connectivity index (χ3v) is 7.85. The molecular weight excluding hydrogens is 507 g/mol. The van der Waals surface area contributed by atoms with Crippen LogP contribution in [0.4, 0.5) is 0 Å². The van der Waals surface area contributed by atoms with Crippen LogP contribution >= 0.6 is 7.82 Å². The van der Waals surface area contributed by atoms with E-state index in [1.165, 1.54) is 32.8 Å². The molecule has 1 N–H and O–H groups in total. The van der Waals surface area contributed by atoms with Gasteiger partial charge in [0.25, 0.3) is 0 Å². The summed E-state index contributed by atoms with van der Waals surface area (Å²) < 4.78 is 44.1. The summed E-state index contributed by atoms with van der Waals surface area (Å²) in [4.78, 5) is 38.5. The molecule has 3 unspecified atom stereocenters. The Bertz CT molecular complexity index is 808. The van der Waals surface area contributed by atoms with Gasteiger partial charge in [0, 0.05) is 24.5 Å². The van der Waals surface area contributed by atoms with Gasteiger partial charge in [0.2, 0.25) is 12.7 Å². The topological polar surface area (TPSA) is 139 Å². The molecule has 2 fully saturated rings. The highest BCUT2D eigenvalue weighted by molar-refractivity contribution is 7.48. The number of unbranched alkanes of at least 4 members (excludes halogenated alkanes) is 5. The van der Waals surface area contributed by atoms with Crippen molar-refractivity contribution in [2.75, 3.05) is 40.3 Å². The fraction of sp³-hybridized carbons (Fsp3) is 0.875. The Labute approximate surface area is 219 Å². The van der Waals surface area contributed by atoms with Crippen molar-refractivity contribution >= 4 is 25.7 Å². The van der Waals surface area contributed by atoms with E-state index in [4.69, 9.17) is 23.0 Å². The van der Waals surface area contributed by atoms with Crippen LogP contribution in [0, 0.1) is 5.41 Å². The monoisotopic (exact) mass is 550 g/mol. The molecule has 0 aliphatic carbocycles. The minimum Gasteiger partial charge on any atom is -0.469 e. The number of methoxy groups -OCH3 is 1. The van der Waals surface area contributed by atoms with E-state index in [-0.39, 0.29) is 25.6 Å². The first-order valence-corrected chi connectivity index (χ1v) is 14.4. The minimum absolute atomic E-state index is 0.0198. The molecule has 13 heteroatoms. The van der Waals surface area contributed by atoms with Crippen molar-refractivity contribution in [3.8, 4) is 0 Å². The van der Waals surface area contributed by atoms with Gasteiger partial charge in [-0.1, -0.05) is 52.9 Å². The van der Waals surface area contributed by atoms with Gasteiger partial charge in [-0.15, -0.1) is 0 Å². The molecular formula is C24H43N2O10P. The molecule has 0 aromatic carbocycles. The summed E-state index contributed by atoms with van der Waals surface area (Å²) >= 11 is 0. The molecule has 37 heavy (non-hydrogen) atoms. The van der Waals surface area contributed by atoms with Crippen molar-refractivity contribution in [2.24, 2.45) is 5.41 Å². The van der Waals surface area contributed by atoms with Gasteiger partial charge in [-0.2, -0.15) is 0 Å². The van der Waals surface area contributed by atoms with Crippen LogP contribution in [0.2, 0.25) is 0 Å². The lowest BCUT2D eigenvalue weighted by Gasteiger charge is -2.39. The van der Waals surface area contributed by atoms with Gasteiger partial charge < -0.3 is 19.5 Å². The molecule has 0 radical (unpaired) electrons. The first-order valence-electron chi connectivity index (χ1n) is 13.0. The molecule has 2 heterocycles. The van der Waals surface area contributed by atoms with E-state index >= 15 is 0 Å². The lowest BCUT2D eigenvalue weighted by molar-refractivity contribution is -0.165. The van der Waals surface area contributed by atoms with Gasteiger partial charge in [0.1, 0.15) is 6.73 Å². The molecule has 214 valence electrons. The van der Waals surface area contributed by atoms with Crippen molar-refractivity contribution in [2.45, 2.75) is 90.9 Å². The molecule has 12 nitrogen and oxygen atoms in total. The third-order valence-electron chi connectivity index (χ3n) is 6.51. The number of carbonyl (C=O) groups excluding carboxylic acids is 3. The molecule has 0 spiro atoms. The quantitative estimate of drug-likeness (QED) is 0.139. The Morgan fingerprint density at radius 1 is 1.14 bits per heavy atom. The maximum absolute atomic E-state index is 12.9. The Morgan fingerprint density at radius 3 is 2.54 bits per heavy atom. The van der Waals surface area contributed by atoms with Crippen molar-refractivity contribution in [3.05, 3.63) is 0 Å². The largest absolute Gasteiger partial charge is 0.478 e. The predicted molar refractivity (Wildman–Crippen MR) is 133 cm³/mol. The zero-order valence-electron chi connectivity index (χ0n) is 22.7. The van der Waals surface area contributed by atoms with Crippen LogP contribution in [-0.2, 0) is 46.7 Å². The van der Waals surface area contributed by atoms with E-state index < -0.39 is 50.1 Å². The maximum atomic E-state index is 12.9. The number of hydrogen-bond acceptors (Lipinski definition) is 11. The Hall–Kier alpha value is -1.56. The molecule has 1 amide bonds. The highest BCUT2D eigenvalue weighted by Crippen LogP contribution is 2.57. The Balaban J connectivity index is 1.77. The molecule has 2 aliphatic rings. The number of rotatable bonds is 15. The molecule has 2 aliphatic heterocycles. The Kier molecular flexibility index (Phi) is 13.0. The average Bonchev–Trinajstić information content (AvgIpc) is 3.23. The molecule has 2 saturated heterocycles. The van der Waals surface area contributed by atoms with Crippen molar-refractivity contribution in [1.82, 2.24) is 10.2 Å². The SMILES string of the molecule is CCCCCCCCN1COC(C(=O)OCOP2(=O)OCC(C)(C)[C@H](C(=O)NCCC(=O)OC)O2)C1C. The number of nitrogens with one attached hydrogen (secondary N) is 1. The highest BCUT2D eigenvalue weighted by atomic mass is 31.2. The Morgan fingerprint density at radius 2 is 1.84 bits per heavy atom. The number of esters is 2. The van der Waals surface area contributed by atoms with Crippen LogP contribution in [0.25, 0.3) is 0 Å². The van der Waals surface area contributed by atoms with Crippen molar-refractivity contribution in [3.63, 3.8) is 0 Å². The number of phosphoric acid groups is 1. The molecule has 2 rings (SSSR count). The highest BCUT2D eigenvalue weighted by Gasteiger charge is 2.49. The fourth-order valence-electron chi connectivity index (χ4n) is 4.06. The van der Waals surface area contributed by atoms with Gasteiger partial charge in [-0.3, -0.25) is 23.5 Å². The lowest BCUT2D eigenvalue weighted by atomic mass is 9.87. The second-order valence-corrected chi connectivity index (χ2v) is 11.7. The van der Waals surface area contributed by atoms with Crippen LogP contribution in [0.1, 0.15) is 72.6 Å². The van der Waals surface area contributed by atoms with Crippen LogP contribution in [0.3, 0.4) is 0 Å². The van der Waals surface area contributed by atoms with Gasteiger partial charge >= 0.3 is 19.8 Å². The first-order chi connectivity index (χ1) is 17.5. The van der Waals surface area contributed by atoms with E-state index in [1.807, 2.05) is 6.92 Å². The number of nitrogens with zero attached hydrogens (tertiary/aromatic N) is 1. The zero-order chi connectivity index (χ0) is 27.5. The molecule has 4 atom stereocenters. The lowest BCUT2D eigenvalue weighted by Crippen LogP contribution is -2.50. The second kappa shape index (κ2) is 15.1. The summed E-state index contributed by atoms with van der Waals surface area (Å²) in [5, 5.41) is 2.55. The number of ether oxygens (including phenoxy) is 3. The smallest absolute Gasteiger partial charge is 0.469 e. The molecule has 0 aromatic rings. The van der Waals surface area contributed by atoms with Crippen LogP contribution in [0.5, 0.6) is 0 Å². The summed E-state index contributed by atoms with van der Waals surface area (Å²) in [7, 11) is -2.93. The van der Waals surface area contributed by atoms with Gasteiger partial charge in [-0.05, 0) is 13.3 Å². The van der Waals surface area contributed by atoms with Crippen molar-refractivity contribution < 1.29 is 46.7 Å². The second-order valence-electron chi connectivity index (χ2n) is 10.1. The number of phosphoric ester groups is 1. The van der Waals surface area contributed by atoms with E-state index in [1.54, 1.807) is 13.8 Å². The van der Waals surface area contributed by atoms with Gasteiger partial charge in [0.05, 0.1) is 20.1 Å². The van der Waals surface area contributed by atoms with E-state index in [9.17, 15) is 18.9 Å².